The lowest BCUT2D eigenvalue weighted by molar-refractivity contribution is 0.0683. The minimum Gasteiger partial charge on any atom is -0.477 e. The van der Waals surface area contributed by atoms with Gasteiger partial charge < -0.3 is 9.67 Å². The van der Waals surface area contributed by atoms with Crippen molar-refractivity contribution in [3.63, 3.8) is 0 Å². The number of carboxylic acid groups (broad SMARTS) is 1. The van der Waals surface area contributed by atoms with Crippen molar-refractivity contribution in [2.75, 3.05) is 0 Å². The number of nitrogens with zero attached hydrogens (tertiary/aromatic N) is 4. The standard InChI is InChI=1S/C10H12N4O2/c1-13-7-5-11-9(13)3-6-14-8(10(15)16)2-4-12-14/h2,4-5,7H,3,6H2,1H3,(H,15,16). The van der Waals surface area contributed by atoms with Gasteiger partial charge in [0.2, 0.25) is 0 Å². The van der Waals surface area contributed by atoms with Crippen LogP contribution in [0.4, 0.5) is 0 Å². The molecule has 1 N–H and O–H groups in total. The molecular formula is C10H12N4O2. The molecule has 0 fully saturated rings. The van der Waals surface area contributed by atoms with E-state index >= 15 is 0 Å². The summed E-state index contributed by atoms with van der Waals surface area (Å²) in [5, 5.41) is 12.9. The van der Waals surface area contributed by atoms with E-state index < -0.39 is 5.97 Å². The van der Waals surface area contributed by atoms with Gasteiger partial charge in [-0.25, -0.2) is 9.78 Å². The van der Waals surface area contributed by atoms with Crippen molar-refractivity contribution in [3.8, 4) is 0 Å². The molecule has 0 amide bonds. The molecule has 0 aliphatic carbocycles. The lowest BCUT2D eigenvalue weighted by Crippen LogP contribution is -2.13. The fourth-order valence-electron chi connectivity index (χ4n) is 1.54. The van der Waals surface area contributed by atoms with E-state index in [1.165, 1.54) is 16.9 Å². The van der Waals surface area contributed by atoms with Crippen LogP contribution in [0.5, 0.6) is 0 Å². The van der Waals surface area contributed by atoms with Gasteiger partial charge in [-0.1, -0.05) is 0 Å². The van der Waals surface area contributed by atoms with Gasteiger partial charge in [-0.3, -0.25) is 4.68 Å². The molecule has 2 aromatic heterocycles. The summed E-state index contributed by atoms with van der Waals surface area (Å²) in [6.07, 6.45) is 5.72. The van der Waals surface area contributed by atoms with Crippen molar-refractivity contribution in [3.05, 3.63) is 36.2 Å². The number of hydrogen-bond acceptors (Lipinski definition) is 3. The van der Waals surface area contributed by atoms with E-state index in [-0.39, 0.29) is 5.69 Å². The zero-order chi connectivity index (χ0) is 11.5. The van der Waals surface area contributed by atoms with Crippen LogP contribution in [0.25, 0.3) is 0 Å². The van der Waals surface area contributed by atoms with E-state index in [1.807, 2.05) is 17.8 Å². The first-order valence-electron chi connectivity index (χ1n) is 4.90. The van der Waals surface area contributed by atoms with Gasteiger partial charge in [0.25, 0.3) is 0 Å². The Labute approximate surface area is 92.2 Å². The smallest absolute Gasteiger partial charge is 0.354 e. The molecule has 0 saturated heterocycles. The second kappa shape index (κ2) is 4.18. The number of carbonyl (C=O) groups is 1. The highest BCUT2D eigenvalue weighted by molar-refractivity contribution is 5.85. The predicted octanol–water partition coefficient (Wildman–Crippen LogP) is 0.557. The van der Waals surface area contributed by atoms with Crippen LogP contribution in [-0.4, -0.2) is 30.4 Å². The van der Waals surface area contributed by atoms with E-state index in [4.69, 9.17) is 5.11 Å². The quantitative estimate of drug-likeness (QED) is 0.817. The number of imidazole rings is 1. The highest BCUT2D eigenvalue weighted by Gasteiger charge is 2.10. The summed E-state index contributed by atoms with van der Waals surface area (Å²) in [5.74, 6) is -0.0517. The minimum absolute atomic E-state index is 0.203. The van der Waals surface area contributed by atoms with Crippen LogP contribution >= 0.6 is 0 Å². The number of carboxylic acids is 1. The highest BCUT2D eigenvalue weighted by atomic mass is 16.4. The Morgan fingerprint density at radius 2 is 2.31 bits per heavy atom. The number of aromatic carboxylic acids is 1. The SMILES string of the molecule is Cn1ccnc1CCn1nccc1C(=O)O. The van der Waals surface area contributed by atoms with Crippen molar-refractivity contribution in [1.29, 1.82) is 0 Å². The Morgan fingerprint density at radius 1 is 1.50 bits per heavy atom. The Kier molecular flexibility index (Phi) is 2.72. The number of hydrogen-bond donors (Lipinski definition) is 1. The predicted molar refractivity (Wildman–Crippen MR) is 56.1 cm³/mol. The summed E-state index contributed by atoms with van der Waals surface area (Å²) in [5.41, 5.74) is 0.203. The van der Waals surface area contributed by atoms with Crippen molar-refractivity contribution >= 4 is 5.97 Å². The number of aromatic nitrogens is 4. The lowest BCUT2D eigenvalue weighted by Gasteiger charge is -2.04. The molecule has 0 radical (unpaired) electrons. The third-order valence-electron chi connectivity index (χ3n) is 2.40. The highest BCUT2D eigenvalue weighted by Crippen LogP contribution is 2.02. The van der Waals surface area contributed by atoms with Crippen LogP contribution in [0.3, 0.4) is 0 Å². The van der Waals surface area contributed by atoms with Gasteiger partial charge in [0.05, 0.1) is 0 Å². The van der Waals surface area contributed by atoms with E-state index in [2.05, 4.69) is 10.1 Å². The van der Waals surface area contributed by atoms with Gasteiger partial charge >= 0.3 is 5.97 Å². The van der Waals surface area contributed by atoms with Gasteiger partial charge in [-0.2, -0.15) is 5.10 Å². The summed E-state index contributed by atoms with van der Waals surface area (Å²) in [4.78, 5) is 15.0. The average Bonchev–Trinajstić information content (AvgIpc) is 2.83. The first-order chi connectivity index (χ1) is 7.68. The molecule has 0 saturated carbocycles. The van der Waals surface area contributed by atoms with Crippen LogP contribution in [0.1, 0.15) is 16.3 Å². The molecule has 0 unspecified atom stereocenters. The molecule has 6 nitrogen and oxygen atoms in total. The van der Waals surface area contributed by atoms with Crippen LogP contribution < -0.4 is 0 Å². The monoisotopic (exact) mass is 220 g/mol. The first-order valence-corrected chi connectivity index (χ1v) is 4.90. The lowest BCUT2D eigenvalue weighted by atomic mass is 10.3. The largest absolute Gasteiger partial charge is 0.477 e. The molecule has 0 bridgehead atoms. The molecular weight excluding hydrogens is 208 g/mol. The Hall–Kier alpha value is -2.11. The maximum Gasteiger partial charge on any atom is 0.354 e. The van der Waals surface area contributed by atoms with Crippen molar-refractivity contribution in [2.45, 2.75) is 13.0 Å². The molecule has 0 aliphatic heterocycles. The van der Waals surface area contributed by atoms with Gasteiger partial charge in [-0.15, -0.1) is 0 Å². The number of aryl methyl sites for hydroxylation is 3. The third-order valence-corrected chi connectivity index (χ3v) is 2.40. The average molecular weight is 220 g/mol. The summed E-state index contributed by atoms with van der Waals surface area (Å²) in [6.45, 7) is 0.513. The first kappa shape index (κ1) is 10.4. The zero-order valence-electron chi connectivity index (χ0n) is 8.87. The normalized spacial score (nSPS) is 10.6. The fraction of sp³-hybridized carbons (Fsp3) is 0.300. The maximum atomic E-state index is 10.8. The van der Waals surface area contributed by atoms with E-state index in [1.54, 1.807) is 6.20 Å². The summed E-state index contributed by atoms with van der Waals surface area (Å²) in [6, 6.07) is 1.49. The molecule has 2 aromatic rings. The van der Waals surface area contributed by atoms with Crippen LogP contribution in [0.2, 0.25) is 0 Å². The molecule has 2 heterocycles. The maximum absolute atomic E-state index is 10.8. The molecule has 16 heavy (non-hydrogen) atoms. The van der Waals surface area contributed by atoms with Crippen LogP contribution in [-0.2, 0) is 20.0 Å². The molecule has 0 atom stereocenters. The van der Waals surface area contributed by atoms with Gasteiger partial charge in [0, 0.05) is 38.6 Å². The van der Waals surface area contributed by atoms with Crippen LogP contribution in [0, 0.1) is 0 Å². The Balaban J connectivity index is 2.08. The van der Waals surface area contributed by atoms with Gasteiger partial charge in [-0.05, 0) is 6.07 Å². The van der Waals surface area contributed by atoms with Gasteiger partial charge in [0.1, 0.15) is 11.5 Å². The molecule has 0 aromatic carbocycles. The molecule has 2 rings (SSSR count). The second-order valence-electron chi connectivity index (χ2n) is 3.45. The zero-order valence-corrected chi connectivity index (χ0v) is 8.87. The van der Waals surface area contributed by atoms with Crippen molar-refractivity contribution in [2.24, 2.45) is 7.05 Å². The Bertz CT molecular complexity index is 500. The van der Waals surface area contributed by atoms with Crippen molar-refractivity contribution in [1.82, 2.24) is 19.3 Å². The fourth-order valence-corrected chi connectivity index (χ4v) is 1.54. The van der Waals surface area contributed by atoms with E-state index in [9.17, 15) is 4.79 Å². The third kappa shape index (κ3) is 1.95. The molecule has 6 heteroatoms. The van der Waals surface area contributed by atoms with E-state index in [0.717, 1.165) is 5.82 Å². The summed E-state index contributed by atoms with van der Waals surface area (Å²) < 4.78 is 3.38. The van der Waals surface area contributed by atoms with Gasteiger partial charge in [0.15, 0.2) is 0 Å². The Morgan fingerprint density at radius 3 is 2.94 bits per heavy atom. The summed E-state index contributed by atoms with van der Waals surface area (Å²) >= 11 is 0. The van der Waals surface area contributed by atoms with Crippen LogP contribution in [0.15, 0.2) is 24.7 Å². The molecule has 84 valence electrons. The van der Waals surface area contributed by atoms with E-state index in [0.29, 0.717) is 13.0 Å². The minimum atomic E-state index is -0.961. The summed E-state index contributed by atoms with van der Waals surface area (Å²) in [7, 11) is 1.91. The number of rotatable bonds is 4. The molecule has 0 aliphatic rings. The molecule has 0 spiro atoms. The topological polar surface area (TPSA) is 72.9 Å². The second-order valence-corrected chi connectivity index (χ2v) is 3.45. The van der Waals surface area contributed by atoms with Crippen molar-refractivity contribution < 1.29 is 9.90 Å².